The maximum absolute atomic E-state index is 11.7. The zero-order valence-corrected chi connectivity index (χ0v) is 10.9. The topological polar surface area (TPSA) is 55.8 Å². The van der Waals surface area contributed by atoms with Gasteiger partial charge in [-0.3, -0.25) is 4.79 Å². The Bertz CT molecular complexity index is 455. The normalized spacial score (nSPS) is 20.2. The molecule has 1 aromatic rings. The van der Waals surface area contributed by atoms with Crippen LogP contribution in [-0.2, 0) is 19.7 Å². The average Bonchev–Trinajstić information content (AvgIpc) is 2.31. The summed E-state index contributed by atoms with van der Waals surface area (Å²) in [7, 11) is 3.10. The average molecular weight is 250 g/mol. The van der Waals surface area contributed by atoms with Crippen LogP contribution < -0.4 is 0 Å². The zero-order chi connectivity index (χ0) is 13.4. The molecule has 0 aliphatic heterocycles. The molecule has 0 aromatic heterocycles. The summed E-state index contributed by atoms with van der Waals surface area (Å²) in [6.45, 7) is 1.93. The van der Waals surface area contributed by atoms with Crippen molar-refractivity contribution in [1.29, 1.82) is 0 Å². The van der Waals surface area contributed by atoms with Crippen LogP contribution in [0.5, 0.6) is 0 Å². The largest absolute Gasteiger partial charge is 0.481 e. The molecular weight excluding hydrogens is 232 g/mol. The molecule has 1 fully saturated rings. The highest BCUT2D eigenvalue weighted by Gasteiger charge is 2.61. The molecule has 0 saturated heterocycles. The van der Waals surface area contributed by atoms with Crippen molar-refractivity contribution in [2.75, 3.05) is 14.2 Å². The molecule has 1 aromatic carbocycles. The molecular formula is C14H18O4. The van der Waals surface area contributed by atoms with Crippen molar-refractivity contribution in [3.05, 3.63) is 35.4 Å². The van der Waals surface area contributed by atoms with Gasteiger partial charge in [0.15, 0.2) is 5.79 Å². The fourth-order valence-electron chi connectivity index (χ4n) is 2.81. The Labute approximate surface area is 107 Å². The maximum atomic E-state index is 11.7. The van der Waals surface area contributed by atoms with Gasteiger partial charge in [-0.25, -0.2) is 0 Å². The Morgan fingerprint density at radius 2 is 1.78 bits per heavy atom. The highest BCUT2D eigenvalue weighted by atomic mass is 16.7. The highest BCUT2D eigenvalue weighted by molar-refractivity contribution is 5.83. The number of hydrogen-bond acceptors (Lipinski definition) is 3. The van der Waals surface area contributed by atoms with Crippen molar-refractivity contribution in [2.24, 2.45) is 0 Å². The Morgan fingerprint density at radius 1 is 1.22 bits per heavy atom. The van der Waals surface area contributed by atoms with E-state index in [9.17, 15) is 9.90 Å². The fourth-order valence-corrected chi connectivity index (χ4v) is 2.81. The molecule has 18 heavy (non-hydrogen) atoms. The van der Waals surface area contributed by atoms with E-state index < -0.39 is 17.2 Å². The SMILES string of the molecule is COC1(OC)CC(C(=O)O)(c2ccccc2C)C1. The summed E-state index contributed by atoms with van der Waals surface area (Å²) >= 11 is 0. The fraction of sp³-hybridized carbons (Fsp3) is 0.500. The number of aliphatic carboxylic acids is 1. The molecule has 2 rings (SSSR count). The van der Waals surface area contributed by atoms with Gasteiger partial charge in [0.1, 0.15) is 5.41 Å². The van der Waals surface area contributed by atoms with Gasteiger partial charge in [0, 0.05) is 27.1 Å². The van der Waals surface area contributed by atoms with E-state index in [1.165, 1.54) is 0 Å². The van der Waals surface area contributed by atoms with Crippen molar-refractivity contribution in [3.63, 3.8) is 0 Å². The molecule has 4 nitrogen and oxygen atoms in total. The standard InChI is InChI=1S/C14H18O4/c1-10-6-4-5-7-11(10)13(12(15)16)8-14(9-13,17-2)18-3/h4-7H,8-9H2,1-3H3,(H,15,16). The van der Waals surface area contributed by atoms with Gasteiger partial charge in [0.2, 0.25) is 0 Å². The minimum absolute atomic E-state index is 0.340. The predicted octanol–water partition coefficient (Wildman–Crippen LogP) is 2.10. The first-order valence-electron chi connectivity index (χ1n) is 5.89. The van der Waals surface area contributed by atoms with Gasteiger partial charge < -0.3 is 14.6 Å². The molecule has 0 radical (unpaired) electrons. The lowest BCUT2D eigenvalue weighted by molar-refractivity contribution is -0.277. The predicted molar refractivity (Wildman–Crippen MR) is 66.5 cm³/mol. The second-order valence-electron chi connectivity index (χ2n) is 4.87. The third-order valence-electron chi connectivity index (χ3n) is 3.96. The van der Waals surface area contributed by atoms with Crippen LogP contribution in [0.15, 0.2) is 24.3 Å². The van der Waals surface area contributed by atoms with E-state index in [0.29, 0.717) is 12.8 Å². The van der Waals surface area contributed by atoms with E-state index in [-0.39, 0.29) is 0 Å². The van der Waals surface area contributed by atoms with Crippen LogP contribution >= 0.6 is 0 Å². The summed E-state index contributed by atoms with van der Waals surface area (Å²) in [6, 6.07) is 7.58. The number of ether oxygens (including phenoxy) is 2. The molecule has 0 heterocycles. The molecule has 98 valence electrons. The first-order chi connectivity index (χ1) is 8.49. The third kappa shape index (κ3) is 1.72. The number of carbonyl (C=O) groups is 1. The van der Waals surface area contributed by atoms with Crippen molar-refractivity contribution >= 4 is 5.97 Å². The van der Waals surface area contributed by atoms with E-state index in [1.54, 1.807) is 14.2 Å². The third-order valence-corrected chi connectivity index (χ3v) is 3.96. The lowest BCUT2D eigenvalue weighted by atomic mass is 9.59. The molecule has 0 atom stereocenters. The Morgan fingerprint density at radius 3 is 2.22 bits per heavy atom. The van der Waals surface area contributed by atoms with Crippen molar-refractivity contribution in [3.8, 4) is 0 Å². The summed E-state index contributed by atoms with van der Waals surface area (Å²) in [5.41, 5.74) is 0.945. The van der Waals surface area contributed by atoms with Gasteiger partial charge >= 0.3 is 5.97 Å². The summed E-state index contributed by atoms with van der Waals surface area (Å²) in [6.07, 6.45) is 0.681. The van der Waals surface area contributed by atoms with Crippen LogP contribution in [0.1, 0.15) is 24.0 Å². The quantitative estimate of drug-likeness (QED) is 0.831. The van der Waals surface area contributed by atoms with E-state index in [0.717, 1.165) is 11.1 Å². The Hall–Kier alpha value is -1.39. The molecule has 1 N–H and O–H groups in total. The summed E-state index contributed by atoms with van der Waals surface area (Å²) in [5, 5.41) is 9.57. The Balaban J connectivity index is 2.39. The minimum atomic E-state index is -0.892. The van der Waals surface area contributed by atoms with Crippen LogP contribution in [0, 0.1) is 6.92 Å². The molecule has 0 unspecified atom stereocenters. The molecule has 1 aliphatic rings. The smallest absolute Gasteiger partial charge is 0.314 e. The van der Waals surface area contributed by atoms with E-state index in [2.05, 4.69) is 0 Å². The lowest BCUT2D eigenvalue weighted by Crippen LogP contribution is -2.60. The number of carboxylic acid groups (broad SMARTS) is 1. The molecule has 0 amide bonds. The maximum Gasteiger partial charge on any atom is 0.314 e. The lowest BCUT2D eigenvalue weighted by Gasteiger charge is -2.52. The monoisotopic (exact) mass is 250 g/mol. The molecule has 0 spiro atoms. The zero-order valence-electron chi connectivity index (χ0n) is 10.9. The van der Waals surface area contributed by atoms with Crippen molar-refractivity contribution in [2.45, 2.75) is 31.0 Å². The van der Waals surface area contributed by atoms with Gasteiger partial charge in [-0.15, -0.1) is 0 Å². The summed E-state index contributed by atoms with van der Waals surface area (Å²) < 4.78 is 10.6. The Kier molecular flexibility index (Phi) is 3.17. The molecule has 1 aliphatic carbocycles. The van der Waals surface area contributed by atoms with Crippen LogP contribution in [0.25, 0.3) is 0 Å². The number of aryl methyl sites for hydroxylation is 1. The van der Waals surface area contributed by atoms with E-state index in [1.807, 2.05) is 31.2 Å². The molecule has 0 bridgehead atoms. The van der Waals surface area contributed by atoms with Crippen LogP contribution in [0.4, 0.5) is 0 Å². The van der Waals surface area contributed by atoms with Crippen molar-refractivity contribution < 1.29 is 19.4 Å². The first-order valence-corrected chi connectivity index (χ1v) is 5.89. The molecule has 4 heteroatoms. The van der Waals surface area contributed by atoms with Crippen LogP contribution in [0.3, 0.4) is 0 Å². The number of benzene rings is 1. The van der Waals surface area contributed by atoms with Gasteiger partial charge in [0.05, 0.1) is 0 Å². The van der Waals surface area contributed by atoms with Gasteiger partial charge in [-0.2, -0.15) is 0 Å². The van der Waals surface area contributed by atoms with E-state index in [4.69, 9.17) is 9.47 Å². The van der Waals surface area contributed by atoms with Crippen LogP contribution in [0.2, 0.25) is 0 Å². The van der Waals surface area contributed by atoms with Gasteiger partial charge in [-0.1, -0.05) is 24.3 Å². The number of carboxylic acids is 1. The summed E-state index contributed by atoms with van der Waals surface area (Å²) in [4.78, 5) is 11.7. The van der Waals surface area contributed by atoms with Gasteiger partial charge in [0.25, 0.3) is 0 Å². The van der Waals surface area contributed by atoms with E-state index >= 15 is 0 Å². The highest BCUT2D eigenvalue weighted by Crippen LogP contribution is 2.53. The second kappa shape index (κ2) is 4.37. The van der Waals surface area contributed by atoms with Crippen molar-refractivity contribution in [1.82, 2.24) is 0 Å². The van der Waals surface area contributed by atoms with Crippen LogP contribution in [-0.4, -0.2) is 31.1 Å². The number of methoxy groups -OCH3 is 2. The second-order valence-corrected chi connectivity index (χ2v) is 4.87. The minimum Gasteiger partial charge on any atom is -0.481 e. The first kappa shape index (κ1) is 13.1. The number of rotatable bonds is 4. The number of hydrogen-bond donors (Lipinski definition) is 1. The summed E-state index contributed by atoms with van der Waals surface area (Å²) in [5.74, 6) is -1.58. The molecule has 1 saturated carbocycles. The van der Waals surface area contributed by atoms with Gasteiger partial charge in [-0.05, 0) is 18.1 Å².